The number of carbonyl (C=O) groups excluding carboxylic acids is 3. The Morgan fingerprint density at radius 2 is 1.89 bits per heavy atom. The van der Waals surface area contributed by atoms with Gasteiger partial charge in [0.25, 0.3) is 5.91 Å². The summed E-state index contributed by atoms with van der Waals surface area (Å²) >= 11 is 0. The van der Waals surface area contributed by atoms with Gasteiger partial charge in [-0.1, -0.05) is 6.07 Å². The number of rotatable bonds is 3. The third-order valence-electron chi connectivity index (χ3n) is 7.47. The lowest BCUT2D eigenvalue weighted by Gasteiger charge is -2.46. The van der Waals surface area contributed by atoms with Gasteiger partial charge in [0, 0.05) is 43.8 Å². The van der Waals surface area contributed by atoms with Crippen molar-refractivity contribution in [1.82, 2.24) is 4.98 Å². The largest absolute Gasteiger partial charge is 0.508 e. The fourth-order valence-corrected chi connectivity index (χ4v) is 5.77. The van der Waals surface area contributed by atoms with E-state index < -0.39 is 52.0 Å². The van der Waals surface area contributed by atoms with Crippen molar-refractivity contribution >= 4 is 28.9 Å². The second kappa shape index (κ2) is 7.92. The number of ketones is 2. The molecule has 10 nitrogen and oxygen atoms in total. The number of anilines is 1. The molecule has 3 aliphatic carbocycles. The summed E-state index contributed by atoms with van der Waals surface area (Å²) in [7, 11) is 3.43. The van der Waals surface area contributed by atoms with E-state index in [2.05, 4.69) is 4.98 Å². The van der Waals surface area contributed by atoms with Gasteiger partial charge in [0.2, 0.25) is 5.78 Å². The van der Waals surface area contributed by atoms with Gasteiger partial charge in [-0.3, -0.25) is 19.4 Å². The van der Waals surface area contributed by atoms with Crippen LogP contribution in [-0.2, 0) is 20.8 Å². The molecule has 3 atom stereocenters. The second-order valence-electron chi connectivity index (χ2n) is 9.66. The summed E-state index contributed by atoms with van der Waals surface area (Å²) in [6.45, 7) is 0. The number of nitrogens with zero attached hydrogens (tertiary/aromatic N) is 2. The first-order valence-corrected chi connectivity index (χ1v) is 11.4. The number of aromatic hydroxyl groups is 1. The van der Waals surface area contributed by atoms with E-state index >= 15 is 0 Å². The summed E-state index contributed by atoms with van der Waals surface area (Å²) in [5.41, 5.74) is 3.89. The van der Waals surface area contributed by atoms with E-state index in [1.54, 1.807) is 43.4 Å². The van der Waals surface area contributed by atoms with Gasteiger partial charge in [0.05, 0.1) is 16.9 Å². The molecule has 3 aliphatic rings. The summed E-state index contributed by atoms with van der Waals surface area (Å²) in [6, 6.07) is 7.12. The lowest BCUT2D eigenvalue weighted by atomic mass is 9.59. The quantitative estimate of drug-likeness (QED) is 0.399. The maximum Gasteiger partial charge on any atom is 0.255 e. The zero-order valence-electron chi connectivity index (χ0n) is 19.6. The number of fused-ring (bicyclic) bond motifs is 3. The monoisotopic (exact) mass is 491 g/mol. The molecule has 1 amide bonds. The molecule has 0 bridgehead atoms. The van der Waals surface area contributed by atoms with Crippen LogP contribution in [0.15, 0.2) is 47.4 Å². The minimum absolute atomic E-state index is 0.0361. The van der Waals surface area contributed by atoms with Crippen LogP contribution in [0.5, 0.6) is 5.75 Å². The van der Waals surface area contributed by atoms with Crippen LogP contribution in [0, 0.1) is 11.8 Å². The van der Waals surface area contributed by atoms with Crippen molar-refractivity contribution in [3.63, 3.8) is 0 Å². The molecule has 6 N–H and O–H groups in total. The molecule has 0 radical (unpaired) electrons. The third-order valence-corrected chi connectivity index (χ3v) is 7.47. The molecule has 10 heteroatoms. The highest BCUT2D eigenvalue weighted by Gasteiger charge is 2.60. The van der Waals surface area contributed by atoms with Crippen LogP contribution in [0.3, 0.4) is 0 Å². The molecule has 1 saturated carbocycles. The molecule has 1 heterocycles. The number of phenolic OH excluding ortho intramolecular Hbond substituents is 1. The molecule has 36 heavy (non-hydrogen) atoms. The predicted octanol–water partition coefficient (Wildman–Crippen LogP) is 1.55. The number of phenols is 1. The summed E-state index contributed by atoms with van der Waals surface area (Å²) in [6.07, 6.45) is 1.54. The zero-order valence-corrected chi connectivity index (χ0v) is 19.6. The van der Waals surface area contributed by atoms with Crippen molar-refractivity contribution in [2.45, 2.75) is 24.9 Å². The van der Waals surface area contributed by atoms with Crippen molar-refractivity contribution in [2.75, 3.05) is 19.0 Å². The van der Waals surface area contributed by atoms with Crippen LogP contribution in [0.25, 0.3) is 17.0 Å². The maximum absolute atomic E-state index is 13.7. The normalized spacial score (nSPS) is 25.3. The average Bonchev–Trinajstić information content (AvgIpc) is 2.81. The highest BCUT2D eigenvalue weighted by Crippen LogP contribution is 2.54. The molecule has 1 fully saturated rings. The number of benzene rings is 1. The standard InChI is InChI=1S/C26H25N3O7/c1-29(2)16-10-13(15-5-3-4-6-28-15)14-8-11-7-12-9-17(30)20(25(27)35)24(34)26(12,36)23(33)18(11)22(32)19(14)21(16)31/h3-6,10-12,31-32,34,36H,7-9H2,1-2H3,(H2,27,35)/t11-,12+,26+/m1/s1. The van der Waals surface area contributed by atoms with Gasteiger partial charge >= 0.3 is 0 Å². The number of hydrogen-bond donors (Lipinski definition) is 5. The van der Waals surface area contributed by atoms with E-state index in [4.69, 9.17) is 5.73 Å². The molecule has 1 aromatic heterocycles. The van der Waals surface area contributed by atoms with Crippen molar-refractivity contribution in [3.05, 3.63) is 58.5 Å². The number of aromatic nitrogens is 1. The summed E-state index contributed by atoms with van der Waals surface area (Å²) in [5.74, 6) is -6.53. The van der Waals surface area contributed by atoms with Crippen LogP contribution in [0.4, 0.5) is 5.69 Å². The van der Waals surface area contributed by atoms with E-state index in [9.17, 15) is 34.8 Å². The SMILES string of the molecule is CN(C)c1cc(-c2ccccn2)c2c(c1O)C(O)=C1C(=O)[C@]3(O)C(O)=C(C(N)=O)C(=O)C[C@@H]3C[C@@H]1C2. The second-order valence-corrected chi connectivity index (χ2v) is 9.66. The van der Waals surface area contributed by atoms with Crippen molar-refractivity contribution in [2.24, 2.45) is 17.6 Å². The Balaban J connectivity index is 1.77. The molecule has 0 spiro atoms. The molecule has 0 unspecified atom stereocenters. The van der Waals surface area contributed by atoms with Gasteiger partial charge in [0.15, 0.2) is 11.4 Å². The number of hydrogen-bond acceptors (Lipinski definition) is 9. The van der Waals surface area contributed by atoms with Gasteiger partial charge in [-0.05, 0) is 42.5 Å². The van der Waals surface area contributed by atoms with Crippen LogP contribution >= 0.6 is 0 Å². The number of nitrogens with two attached hydrogens (primary N) is 1. The van der Waals surface area contributed by atoms with Crippen molar-refractivity contribution in [1.29, 1.82) is 0 Å². The molecule has 1 aromatic carbocycles. The van der Waals surface area contributed by atoms with Crippen LogP contribution in [0.1, 0.15) is 24.0 Å². The first kappa shape index (κ1) is 23.6. The van der Waals surface area contributed by atoms with E-state index in [1.165, 1.54) is 0 Å². The van der Waals surface area contributed by atoms with Gasteiger partial charge < -0.3 is 31.1 Å². The lowest BCUT2D eigenvalue weighted by Crippen LogP contribution is -2.58. The number of Topliss-reactive ketones (excluding diaryl/α,β-unsaturated/α-hetero) is 2. The summed E-state index contributed by atoms with van der Waals surface area (Å²) < 4.78 is 0. The van der Waals surface area contributed by atoms with Gasteiger partial charge in [-0.15, -0.1) is 0 Å². The Morgan fingerprint density at radius 3 is 2.50 bits per heavy atom. The van der Waals surface area contributed by atoms with Gasteiger partial charge in [-0.2, -0.15) is 0 Å². The van der Waals surface area contributed by atoms with E-state index in [0.717, 1.165) is 0 Å². The molecule has 2 aromatic rings. The number of aliphatic hydroxyl groups is 3. The number of aliphatic hydroxyl groups excluding tert-OH is 2. The Bertz CT molecular complexity index is 1410. The predicted molar refractivity (Wildman–Crippen MR) is 129 cm³/mol. The smallest absolute Gasteiger partial charge is 0.255 e. The average molecular weight is 492 g/mol. The molecule has 5 rings (SSSR count). The summed E-state index contributed by atoms with van der Waals surface area (Å²) in [5, 5.41) is 44.6. The van der Waals surface area contributed by atoms with Crippen molar-refractivity contribution in [3.8, 4) is 17.0 Å². The molecular formula is C26H25N3O7. The van der Waals surface area contributed by atoms with E-state index in [1.807, 2.05) is 6.07 Å². The highest BCUT2D eigenvalue weighted by atomic mass is 16.3. The minimum atomic E-state index is -2.59. The number of pyridine rings is 1. The molecule has 0 aliphatic heterocycles. The van der Waals surface area contributed by atoms with Crippen LogP contribution in [-0.4, -0.2) is 62.6 Å². The molecular weight excluding hydrogens is 466 g/mol. The Labute approximate surface area is 206 Å². The summed E-state index contributed by atoms with van der Waals surface area (Å²) in [4.78, 5) is 44.0. The first-order chi connectivity index (χ1) is 17.0. The van der Waals surface area contributed by atoms with Gasteiger partial charge in [0.1, 0.15) is 22.8 Å². The minimum Gasteiger partial charge on any atom is -0.508 e. The van der Waals surface area contributed by atoms with Crippen LogP contribution < -0.4 is 10.6 Å². The lowest BCUT2D eigenvalue weighted by molar-refractivity contribution is -0.147. The topological polar surface area (TPSA) is 174 Å². The first-order valence-electron chi connectivity index (χ1n) is 11.4. The number of amides is 1. The fourth-order valence-electron chi connectivity index (χ4n) is 5.77. The number of primary amides is 1. The molecule has 186 valence electrons. The fraction of sp³-hybridized carbons (Fsp3) is 0.308. The highest BCUT2D eigenvalue weighted by molar-refractivity contribution is 6.22. The van der Waals surface area contributed by atoms with Crippen molar-refractivity contribution < 1.29 is 34.8 Å². The Hall–Kier alpha value is -4.18. The maximum atomic E-state index is 13.7. The van der Waals surface area contributed by atoms with Gasteiger partial charge in [-0.25, -0.2) is 0 Å². The zero-order chi connectivity index (χ0) is 26.1. The third kappa shape index (κ3) is 3.07. The Morgan fingerprint density at radius 1 is 1.17 bits per heavy atom. The van der Waals surface area contributed by atoms with E-state index in [-0.39, 0.29) is 36.1 Å². The van der Waals surface area contributed by atoms with Crippen LogP contribution in [0.2, 0.25) is 0 Å². The number of carbonyl (C=O) groups is 3. The Kier molecular flexibility index (Phi) is 5.18. The molecule has 0 saturated heterocycles. The van der Waals surface area contributed by atoms with E-state index in [0.29, 0.717) is 22.5 Å².